The van der Waals surface area contributed by atoms with Crippen LogP contribution in [0.3, 0.4) is 0 Å². The van der Waals surface area contributed by atoms with E-state index in [1.165, 1.54) is 18.2 Å². The zero-order valence-electron chi connectivity index (χ0n) is 12.1. The highest BCUT2D eigenvalue weighted by Crippen LogP contribution is 2.22. The number of benzene rings is 1. The molecule has 0 spiro atoms. The smallest absolute Gasteiger partial charge is 0.384 e. The molecule has 0 aliphatic heterocycles. The van der Waals surface area contributed by atoms with Gasteiger partial charge in [0.15, 0.2) is 0 Å². The van der Waals surface area contributed by atoms with Crippen LogP contribution in [0.4, 0.5) is 18.9 Å². The van der Waals surface area contributed by atoms with Crippen molar-refractivity contribution in [1.82, 2.24) is 4.72 Å². The van der Waals surface area contributed by atoms with E-state index in [-0.39, 0.29) is 17.3 Å². The number of ketones is 1. The van der Waals surface area contributed by atoms with Gasteiger partial charge in [-0.25, -0.2) is 13.1 Å². The summed E-state index contributed by atoms with van der Waals surface area (Å²) in [6, 6.07) is 7.89. The van der Waals surface area contributed by atoms with Crippen LogP contribution >= 0.6 is 11.3 Å². The second-order valence-corrected chi connectivity index (χ2v) is 7.60. The van der Waals surface area contributed by atoms with Crippen molar-refractivity contribution in [2.75, 3.05) is 18.4 Å². The molecule has 2 aromatic rings. The molecule has 0 bridgehead atoms. The Morgan fingerprint density at radius 2 is 1.75 bits per heavy atom. The lowest BCUT2D eigenvalue weighted by Gasteiger charge is -2.09. The van der Waals surface area contributed by atoms with Crippen LogP contribution in [0.5, 0.6) is 0 Å². The third-order valence-electron chi connectivity index (χ3n) is 2.91. The number of thiophene rings is 1. The van der Waals surface area contributed by atoms with E-state index in [9.17, 15) is 26.4 Å². The summed E-state index contributed by atoms with van der Waals surface area (Å²) in [7, 11) is -3.55. The van der Waals surface area contributed by atoms with Gasteiger partial charge in [-0.05, 0) is 35.7 Å². The van der Waals surface area contributed by atoms with Crippen LogP contribution in [-0.2, 0) is 10.0 Å². The van der Waals surface area contributed by atoms with Crippen molar-refractivity contribution in [2.24, 2.45) is 0 Å². The number of Topliss-reactive ketones (excluding diaryl/α,β-unsaturated/α-hetero) is 1. The van der Waals surface area contributed by atoms with Gasteiger partial charge in [-0.3, -0.25) is 4.79 Å². The second kappa shape index (κ2) is 7.32. The van der Waals surface area contributed by atoms with Gasteiger partial charge in [0.1, 0.15) is 4.21 Å². The minimum Gasteiger partial charge on any atom is -0.384 e. The fourth-order valence-electron chi connectivity index (χ4n) is 1.78. The summed E-state index contributed by atoms with van der Waals surface area (Å²) in [4.78, 5) is 11.0. The molecule has 1 aromatic heterocycles. The average Bonchev–Trinajstić information content (AvgIpc) is 3.06. The molecule has 24 heavy (non-hydrogen) atoms. The molecule has 130 valence electrons. The van der Waals surface area contributed by atoms with Crippen LogP contribution in [0.25, 0.3) is 0 Å². The van der Waals surface area contributed by atoms with Crippen LogP contribution in [0.15, 0.2) is 46.0 Å². The molecule has 1 aromatic carbocycles. The van der Waals surface area contributed by atoms with E-state index in [0.29, 0.717) is 5.69 Å². The van der Waals surface area contributed by atoms with Crippen molar-refractivity contribution in [3.63, 3.8) is 0 Å². The highest BCUT2D eigenvalue weighted by Gasteiger charge is 2.39. The molecule has 0 fully saturated rings. The SMILES string of the molecule is O=C(c1ccc(NCCNS(=O)(=O)c2cccs2)cc1)C(F)(F)F. The molecule has 10 heteroatoms. The number of sulfonamides is 1. The van der Waals surface area contributed by atoms with E-state index in [1.807, 2.05) is 0 Å². The van der Waals surface area contributed by atoms with Crippen LogP contribution in [-0.4, -0.2) is 33.5 Å². The summed E-state index contributed by atoms with van der Waals surface area (Å²) in [6.07, 6.45) is -4.91. The summed E-state index contributed by atoms with van der Waals surface area (Å²) < 4.78 is 63.1. The number of carbonyl (C=O) groups is 1. The second-order valence-electron chi connectivity index (χ2n) is 4.66. The number of alkyl halides is 3. The molecule has 0 amide bonds. The first kappa shape index (κ1) is 18.4. The zero-order chi connectivity index (χ0) is 17.8. The first-order valence-corrected chi connectivity index (χ1v) is 9.05. The first-order valence-electron chi connectivity index (χ1n) is 6.69. The third-order valence-corrected chi connectivity index (χ3v) is 5.77. The Morgan fingerprint density at radius 1 is 1.08 bits per heavy atom. The highest BCUT2D eigenvalue weighted by molar-refractivity contribution is 7.91. The molecule has 0 radical (unpaired) electrons. The number of nitrogens with one attached hydrogen (secondary N) is 2. The monoisotopic (exact) mass is 378 g/mol. The number of hydrogen-bond acceptors (Lipinski definition) is 5. The molecule has 2 rings (SSSR count). The Hall–Kier alpha value is -1.91. The quantitative estimate of drug-likeness (QED) is 0.574. The van der Waals surface area contributed by atoms with Gasteiger partial charge in [0, 0.05) is 24.3 Å². The minimum atomic E-state index is -4.91. The van der Waals surface area contributed by atoms with E-state index in [1.54, 1.807) is 11.4 Å². The summed E-state index contributed by atoms with van der Waals surface area (Å²) in [6.45, 7) is 0.334. The largest absolute Gasteiger partial charge is 0.454 e. The maximum atomic E-state index is 12.3. The Kier molecular flexibility index (Phi) is 5.62. The summed E-state index contributed by atoms with van der Waals surface area (Å²) in [5.41, 5.74) is 0.0236. The van der Waals surface area contributed by atoms with Gasteiger partial charge < -0.3 is 5.32 Å². The maximum Gasteiger partial charge on any atom is 0.454 e. The van der Waals surface area contributed by atoms with Crippen molar-refractivity contribution >= 4 is 32.8 Å². The molecule has 2 N–H and O–H groups in total. The van der Waals surface area contributed by atoms with Gasteiger partial charge in [-0.2, -0.15) is 13.2 Å². The molecule has 0 saturated heterocycles. The Labute approximate surface area is 140 Å². The number of halogens is 3. The standard InChI is InChI=1S/C14H13F3N2O3S2/c15-14(16,17)13(20)10-3-5-11(6-4-10)18-7-8-19-24(21,22)12-2-1-9-23-12/h1-6,9,18-19H,7-8H2. The molecular weight excluding hydrogens is 365 g/mol. The van der Waals surface area contributed by atoms with Crippen molar-refractivity contribution in [1.29, 1.82) is 0 Å². The van der Waals surface area contributed by atoms with E-state index in [0.717, 1.165) is 23.5 Å². The third kappa shape index (κ3) is 4.79. The van der Waals surface area contributed by atoms with Gasteiger partial charge in [-0.1, -0.05) is 6.07 Å². The van der Waals surface area contributed by atoms with Crippen LogP contribution in [0.1, 0.15) is 10.4 Å². The zero-order valence-corrected chi connectivity index (χ0v) is 13.8. The molecule has 5 nitrogen and oxygen atoms in total. The van der Waals surface area contributed by atoms with E-state index in [4.69, 9.17) is 0 Å². The number of rotatable bonds is 7. The Morgan fingerprint density at radius 3 is 2.29 bits per heavy atom. The first-order chi connectivity index (χ1) is 11.2. The number of hydrogen-bond donors (Lipinski definition) is 2. The van der Waals surface area contributed by atoms with Gasteiger partial charge in [0.2, 0.25) is 10.0 Å². The Balaban J connectivity index is 1.84. The molecule has 0 saturated carbocycles. The van der Waals surface area contributed by atoms with Crippen molar-refractivity contribution in [3.8, 4) is 0 Å². The maximum absolute atomic E-state index is 12.3. The molecule has 1 heterocycles. The lowest BCUT2D eigenvalue weighted by molar-refractivity contribution is -0.0885. The van der Waals surface area contributed by atoms with Crippen molar-refractivity contribution < 1.29 is 26.4 Å². The van der Waals surface area contributed by atoms with Crippen LogP contribution in [0.2, 0.25) is 0 Å². The number of anilines is 1. The normalized spacial score (nSPS) is 12.1. The van der Waals surface area contributed by atoms with E-state index < -0.39 is 27.5 Å². The predicted molar refractivity (Wildman–Crippen MR) is 84.8 cm³/mol. The average molecular weight is 378 g/mol. The highest BCUT2D eigenvalue weighted by atomic mass is 32.2. The van der Waals surface area contributed by atoms with Gasteiger partial charge in [0.05, 0.1) is 0 Å². The summed E-state index contributed by atoms with van der Waals surface area (Å²) in [5.74, 6) is -1.90. The van der Waals surface area contributed by atoms with Gasteiger partial charge in [0.25, 0.3) is 5.78 Å². The van der Waals surface area contributed by atoms with Gasteiger partial charge in [-0.15, -0.1) is 11.3 Å². The van der Waals surface area contributed by atoms with E-state index >= 15 is 0 Å². The van der Waals surface area contributed by atoms with Crippen molar-refractivity contribution in [2.45, 2.75) is 10.4 Å². The topological polar surface area (TPSA) is 75.3 Å². The van der Waals surface area contributed by atoms with E-state index in [2.05, 4.69) is 10.0 Å². The number of carbonyl (C=O) groups excluding carboxylic acids is 1. The van der Waals surface area contributed by atoms with Gasteiger partial charge >= 0.3 is 6.18 Å². The molecule has 0 atom stereocenters. The predicted octanol–water partition coefficient (Wildman–Crippen LogP) is 2.88. The summed E-state index contributed by atoms with van der Waals surface area (Å²) in [5, 5.41) is 4.50. The van der Waals surface area contributed by atoms with Crippen molar-refractivity contribution in [3.05, 3.63) is 47.3 Å². The van der Waals surface area contributed by atoms with Crippen LogP contribution < -0.4 is 10.0 Å². The molecular formula is C14H13F3N2O3S2. The molecule has 0 unspecified atom stereocenters. The fraction of sp³-hybridized carbons (Fsp3) is 0.214. The molecule has 0 aliphatic carbocycles. The van der Waals surface area contributed by atoms with Crippen LogP contribution in [0, 0.1) is 0 Å². The fourth-order valence-corrected chi connectivity index (χ4v) is 3.85. The molecule has 0 aliphatic rings. The minimum absolute atomic E-state index is 0.101. The summed E-state index contributed by atoms with van der Waals surface area (Å²) >= 11 is 1.10. The lowest BCUT2D eigenvalue weighted by atomic mass is 10.1. The lowest BCUT2D eigenvalue weighted by Crippen LogP contribution is -2.28. The Bertz CT molecular complexity index is 786.